The lowest BCUT2D eigenvalue weighted by Gasteiger charge is -2.29. The van der Waals surface area contributed by atoms with E-state index in [1.807, 2.05) is 12.1 Å². The lowest BCUT2D eigenvalue weighted by Crippen LogP contribution is -2.21. The van der Waals surface area contributed by atoms with Crippen molar-refractivity contribution in [2.24, 2.45) is 0 Å². The molecule has 2 aromatic carbocycles. The molecule has 0 bridgehead atoms. The first kappa shape index (κ1) is 19.3. The van der Waals surface area contributed by atoms with Crippen molar-refractivity contribution >= 4 is 17.3 Å². The van der Waals surface area contributed by atoms with Crippen LogP contribution in [0.1, 0.15) is 63.0 Å². The van der Waals surface area contributed by atoms with Crippen molar-refractivity contribution < 1.29 is 14.6 Å². The first-order chi connectivity index (χ1) is 12.5. The number of hydrogen-bond donors (Lipinski definition) is 1. The van der Waals surface area contributed by atoms with Crippen LogP contribution < -0.4 is 9.64 Å². The molecule has 0 unspecified atom stereocenters. The maximum Gasteiger partial charge on any atom is 0.335 e. The van der Waals surface area contributed by atoms with E-state index in [4.69, 9.17) is 9.84 Å². The summed E-state index contributed by atoms with van der Waals surface area (Å²) in [5, 5.41) is 9.15. The smallest absolute Gasteiger partial charge is 0.335 e. The van der Waals surface area contributed by atoms with Gasteiger partial charge in [-0.15, -0.1) is 0 Å². The summed E-state index contributed by atoms with van der Waals surface area (Å²) in [6, 6.07) is 11.5. The lowest BCUT2D eigenvalue weighted by atomic mass is 9.80. The molecule has 4 heteroatoms. The van der Waals surface area contributed by atoms with Gasteiger partial charge in [-0.2, -0.15) is 0 Å². The van der Waals surface area contributed by atoms with E-state index >= 15 is 0 Å². The third kappa shape index (κ3) is 3.53. The number of nitrogens with zero attached hydrogens (tertiary/aromatic N) is 1. The molecule has 2 aromatic rings. The Balaban J connectivity index is 2.13. The molecule has 1 heterocycles. The Morgan fingerprint density at radius 2 is 1.78 bits per heavy atom. The Morgan fingerprint density at radius 3 is 2.30 bits per heavy atom. The Bertz CT molecular complexity index is 860. The first-order valence-corrected chi connectivity index (χ1v) is 9.47. The molecule has 0 saturated heterocycles. The van der Waals surface area contributed by atoms with Crippen molar-refractivity contribution in [2.75, 3.05) is 18.1 Å². The second kappa shape index (κ2) is 6.59. The van der Waals surface area contributed by atoms with E-state index < -0.39 is 5.97 Å². The highest BCUT2D eigenvalue weighted by Gasteiger charge is 2.36. The number of carboxylic acid groups (broad SMARTS) is 1. The number of hydrogen-bond acceptors (Lipinski definition) is 3. The van der Waals surface area contributed by atoms with Gasteiger partial charge in [-0.25, -0.2) is 4.79 Å². The molecular formula is C23H29NO3. The highest BCUT2D eigenvalue weighted by atomic mass is 16.5. The molecule has 27 heavy (non-hydrogen) atoms. The van der Waals surface area contributed by atoms with Crippen LogP contribution in [0.15, 0.2) is 36.4 Å². The zero-order valence-corrected chi connectivity index (χ0v) is 17.1. The lowest BCUT2D eigenvalue weighted by molar-refractivity contribution is 0.0697. The summed E-state index contributed by atoms with van der Waals surface area (Å²) in [5.41, 5.74) is 4.78. The Kier molecular flexibility index (Phi) is 4.71. The molecule has 1 N–H and O–H groups in total. The molecule has 0 amide bonds. The standard InChI is InChI=1S/C23H29NO3/c1-7-24(16-10-8-15(9-11-16)21(25)26)17-12-18(22(2,3)4)20-19(13-17)23(5,6)14-27-20/h8-13H,7,14H2,1-6H3,(H,25,26). The van der Waals surface area contributed by atoms with Crippen molar-refractivity contribution in [2.45, 2.75) is 52.4 Å². The van der Waals surface area contributed by atoms with Crippen molar-refractivity contribution in [3.8, 4) is 5.75 Å². The van der Waals surface area contributed by atoms with Gasteiger partial charge in [-0.1, -0.05) is 34.6 Å². The van der Waals surface area contributed by atoms with Gasteiger partial charge >= 0.3 is 5.97 Å². The second-order valence-corrected chi connectivity index (χ2v) is 8.89. The third-order valence-electron chi connectivity index (χ3n) is 5.24. The summed E-state index contributed by atoms with van der Waals surface area (Å²) < 4.78 is 6.10. The number of rotatable bonds is 4. The largest absolute Gasteiger partial charge is 0.492 e. The molecule has 0 radical (unpaired) electrons. The van der Waals surface area contributed by atoms with Gasteiger partial charge in [-0.3, -0.25) is 0 Å². The number of carbonyl (C=O) groups is 1. The fourth-order valence-electron chi connectivity index (χ4n) is 3.61. The van der Waals surface area contributed by atoms with Crippen molar-refractivity contribution in [3.05, 3.63) is 53.1 Å². The predicted octanol–water partition coefficient (Wildman–Crippen LogP) is 5.51. The zero-order valence-electron chi connectivity index (χ0n) is 17.1. The molecule has 0 aromatic heterocycles. The number of aromatic carboxylic acids is 1. The van der Waals surface area contributed by atoms with Gasteiger partial charge in [0, 0.05) is 34.5 Å². The van der Waals surface area contributed by atoms with Gasteiger partial charge < -0.3 is 14.7 Å². The van der Waals surface area contributed by atoms with Crippen LogP contribution in [-0.2, 0) is 10.8 Å². The van der Waals surface area contributed by atoms with Crippen LogP contribution in [0.2, 0.25) is 0 Å². The molecule has 0 saturated carbocycles. The SMILES string of the molecule is CCN(c1ccc(C(=O)O)cc1)c1cc(C(C)(C)C)c2c(c1)C(C)(C)CO2. The minimum Gasteiger partial charge on any atom is -0.492 e. The van der Waals surface area contributed by atoms with Gasteiger partial charge in [-0.05, 0) is 48.7 Å². The average Bonchev–Trinajstić information content (AvgIpc) is 2.90. The van der Waals surface area contributed by atoms with E-state index in [2.05, 4.69) is 58.6 Å². The van der Waals surface area contributed by atoms with E-state index in [1.54, 1.807) is 12.1 Å². The van der Waals surface area contributed by atoms with E-state index in [0.717, 1.165) is 23.7 Å². The van der Waals surface area contributed by atoms with Crippen molar-refractivity contribution in [1.82, 2.24) is 0 Å². The third-order valence-corrected chi connectivity index (χ3v) is 5.24. The molecule has 0 spiro atoms. The molecule has 1 aliphatic heterocycles. The van der Waals surface area contributed by atoms with E-state index in [-0.39, 0.29) is 10.8 Å². The maximum atomic E-state index is 11.1. The van der Waals surface area contributed by atoms with Crippen molar-refractivity contribution in [1.29, 1.82) is 0 Å². The van der Waals surface area contributed by atoms with Crippen LogP contribution in [0.5, 0.6) is 5.75 Å². The number of ether oxygens (including phenoxy) is 1. The Labute approximate surface area is 161 Å². The number of carboxylic acids is 1. The van der Waals surface area contributed by atoms with Crippen LogP contribution in [0.4, 0.5) is 11.4 Å². The van der Waals surface area contributed by atoms with Gasteiger partial charge in [0.05, 0.1) is 12.2 Å². The van der Waals surface area contributed by atoms with Gasteiger partial charge in [0.15, 0.2) is 0 Å². The summed E-state index contributed by atoms with van der Waals surface area (Å²) in [6.45, 7) is 14.6. The molecule has 0 fully saturated rings. The van der Waals surface area contributed by atoms with E-state index in [9.17, 15) is 4.79 Å². The van der Waals surface area contributed by atoms with Crippen LogP contribution >= 0.6 is 0 Å². The minimum absolute atomic E-state index is 0.0298. The number of fused-ring (bicyclic) bond motifs is 1. The average molecular weight is 367 g/mol. The second-order valence-electron chi connectivity index (χ2n) is 8.89. The topological polar surface area (TPSA) is 49.8 Å². The quantitative estimate of drug-likeness (QED) is 0.774. The summed E-state index contributed by atoms with van der Waals surface area (Å²) in [5.74, 6) is 0.115. The summed E-state index contributed by atoms with van der Waals surface area (Å²) in [4.78, 5) is 13.4. The highest BCUT2D eigenvalue weighted by molar-refractivity contribution is 5.88. The van der Waals surface area contributed by atoms with E-state index in [1.165, 1.54) is 11.1 Å². The normalized spacial score (nSPS) is 15.2. The maximum absolute atomic E-state index is 11.1. The zero-order chi connectivity index (χ0) is 20.0. The summed E-state index contributed by atoms with van der Waals surface area (Å²) in [7, 11) is 0. The predicted molar refractivity (Wildman–Crippen MR) is 110 cm³/mol. The summed E-state index contributed by atoms with van der Waals surface area (Å²) >= 11 is 0. The Morgan fingerprint density at radius 1 is 1.15 bits per heavy atom. The molecule has 1 aliphatic rings. The molecule has 4 nitrogen and oxygen atoms in total. The first-order valence-electron chi connectivity index (χ1n) is 9.47. The van der Waals surface area contributed by atoms with Crippen LogP contribution in [0.25, 0.3) is 0 Å². The van der Waals surface area contributed by atoms with Gasteiger partial charge in [0.25, 0.3) is 0 Å². The van der Waals surface area contributed by atoms with Gasteiger partial charge in [0.2, 0.25) is 0 Å². The Hall–Kier alpha value is -2.49. The summed E-state index contributed by atoms with van der Waals surface area (Å²) in [6.07, 6.45) is 0. The van der Waals surface area contributed by atoms with E-state index in [0.29, 0.717) is 12.2 Å². The fraction of sp³-hybridized carbons (Fsp3) is 0.435. The molecule has 3 rings (SSSR count). The molecule has 0 aliphatic carbocycles. The molecule has 0 atom stereocenters. The number of anilines is 2. The molecule has 144 valence electrons. The highest BCUT2D eigenvalue weighted by Crippen LogP contribution is 2.47. The minimum atomic E-state index is -0.906. The fourth-order valence-corrected chi connectivity index (χ4v) is 3.61. The van der Waals surface area contributed by atoms with Crippen LogP contribution in [-0.4, -0.2) is 24.2 Å². The number of benzene rings is 2. The van der Waals surface area contributed by atoms with Gasteiger partial charge in [0.1, 0.15) is 5.75 Å². The van der Waals surface area contributed by atoms with Crippen molar-refractivity contribution in [3.63, 3.8) is 0 Å². The van der Waals surface area contributed by atoms with Crippen LogP contribution in [0, 0.1) is 0 Å². The monoisotopic (exact) mass is 367 g/mol. The van der Waals surface area contributed by atoms with Crippen LogP contribution in [0.3, 0.4) is 0 Å². The molecular weight excluding hydrogens is 338 g/mol.